The number of likely N-dealkylation sites (tertiary alicyclic amines) is 1. The molecule has 0 unspecified atom stereocenters. The first kappa shape index (κ1) is 13.1. The molecule has 0 atom stereocenters. The van der Waals surface area contributed by atoms with Crippen LogP contribution in [0.2, 0.25) is 0 Å². The molecule has 1 aromatic rings. The van der Waals surface area contributed by atoms with Crippen LogP contribution in [0, 0.1) is 0 Å². The molecule has 1 aromatic carbocycles. The quantitative estimate of drug-likeness (QED) is 0.791. The summed E-state index contributed by atoms with van der Waals surface area (Å²) >= 11 is 5.42. The average molecular weight is 278 g/mol. The van der Waals surface area contributed by atoms with Gasteiger partial charge in [0.15, 0.2) is 0 Å². The van der Waals surface area contributed by atoms with E-state index in [2.05, 4.69) is 29.2 Å². The van der Waals surface area contributed by atoms with Gasteiger partial charge in [-0.05, 0) is 66.9 Å². The zero-order valence-corrected chi connectivity index (χ0v) is 12.0. The van der Waals surface area contributed by atoms with Crippen LogP contribution in [-0.4, -0.2) is 29.8 Å². The number of carbonyl (C=O) groups is 1. The molecule has 1 fully saturated rings. The summed E-state index contributed by atoms with van der Waals surface area (Å²) in [4.78, 5) is 13.2. The fourth-order valence-corrected chi connectivity index (χ4v) is 3.82. The van der Waals surface area contributed by atoms with E-state index in [9.17, 15) is 4.79 Å². The van der Waals surface area contributed by atoms with Crippen LogP contribution in [0.3, 0.4) is 0 Å². The molecule has 2 nitrogen and oxygen atoms in total. The third-order valence-electron chi connectivity index (χ3n) is 4.90. The average Bonchev–Trinajstić information content (AvgIpc) is 2.78. The lowest BCUT2D eigenvalue weighted by atomic mass is 9.74. The van der Waals surface area contributed by atoms with Gasteiger partial charge in [0.1, 0.15) is 0 Å². The largest absolute Gasteiger partial charge is 0.303 e. The molecule has 0 radical (unpaired) electrons. The number of carbonyl (C=O) groups excluding carboxylic acids is 1. The van der Waals surface area contributed by atoms with Gasteiger partial charge < -0.3 is 4.90 Å². The van der Waals surface area contributed by atoms with Crippen LogP contribution in [0.5, 0.6) is 0 Å². The van der Waals surface area contributed by atoms with Crippen molar-refractivity contribution in [1.29, 1.82) is 0 Å². The molecule has 2 aliphatic rings. The first-order valence-electron chi connectivity index (χ1n) is 7.19. The lowest BCUT2D eigenvalue weighted by molar-refractivity contribution is -0.112. The molecule has 0 bridgehead atoms. The second kappa shape index (κ2) is 5.26. The number of nitrogens with zero attached hydrogens (tertiary/aromatic N) is 1. The Morgan fingerprint density at radius 3 is 2.68 bits per heavy atom. The summed E-state index contributed by atoms with van der Waals surface area (Å²) in [5, 5.41) is -0.216. The van der Waals surface area contributed by atoms with E-state index in [4.69, 9.17) is 11.6 Å². The topological polar surface area (TPSA) is 20.3 Å². The predicted molar refractivity (Wildman–Crippen MR) is 77.6 cm³/mol. The number of hydrogen-bond acceptors (Lipinski definition) is 2. The summed E-state index contributed by atoms with van der Waals surface area (Å²) in [6.07, 6.45) is 5.46. The molecule has 0 amide bonds. The number of benzene rings is 1. The van der Waals surface area contributed by atoms with Crippen molar-refractivity contribution in [3.8, 4) is 0 Å². The van der Waals surface area contributed by atoms with Crippen LogP contribution in [0.4, 0.5) is 0 Å². The van der Waals surface area contributed by atoms with Gasteiger partial charge >= 0.3 is 0 Å². The smallest absolute Gasteiger partial charge is 0.222 e. The summed E-state index contributed by atoms with van der Waals surface area (Å²) in [6, 6.07) is 8.92. The van der Waals surface area contributed by atoms with Crippen molar-refractivity contribution >= 4 is 16.8 Å². The van der Waals surface area contributed by atoms with E-state index < -0.39 is 0 Å². The lowest BCUT2D eigenvalue weighted by Crippen LogP contribution is -2.42. The SMILES string of the molecule is O=C(Cl)CCN1CCC2(CCc3ccccc32)CC1. The maximum atomic E-state index is 10.8. The van der Waals surface area contributed by atoms with E-state index in [1.54, 1.807) is 11.1 Å². The van der Waals surface area contributed by atoms with E-state index in [1.807, 2.05) is 0 Å². The van der Waals surface area contributed by atoms with Gasteiger partial charge in [-0.1, -0.05) is 24.3 Å². The third-order valence-corrected chi connectivity index (χ3v) is 5.09. The maximum Gasteiger partial charge on any atom is 0.222 e. The molecule has 0 saturated carbocycles. The van der Waals surface area contributed by atoms with Crippen LogP contribution in [0.25, 0.3) is 0 Å². The first-order valence-corrected chi connectivity index (χ1v) is 7.56. The van der Waals surface area contributed by atoms with Gasteiger partial charge in [-0.25, -0.2) is 0 Å². The van der Waals surface area contributed by atoms with Crippen molar-refractivity contribution in [1.82, 2.24) is 4.90 Å². The Bertz CT molecular complexity index is 477. The molecule has 1 spiro atoms. The van der Waals surface area contributed by atoms with Gasteiger partial charge in [-0.2, -0.15) is 0 Å². The highest BCUT2D eigenvalue weighted by Crippen LogP contribution is 2.45. The molecule has 19 heavy (non-hydrogen) atoms. The van der Waals surface area contributed by atoms with Gasteiger partial charge in [0.25, 0.3) is 0 Å². The number of hydrogen-bond donors (Lipinski definition) is 0. The Labute approximate surface area is 119 Å². The van der Waals surface area contributed by atoms with E-state index in [0.29, 0.717) is 11.8 Å². The number of halogens is 1. The van der Waals surface area contributed by atoms with Gasteiger partial charge in [-0.15, -0.1) is 0 Å². The summed E-state index contributed by atoms with van der Waals surface area (Å²) in [7, 11) is 0. The summed E-state index contributed by atoms with van der Waals surface area (Å²) < 4.78 is 0. The van der Waals surface area contributed by atoms with Gasteiger partial charge in [0.05, 0.1) is 0 Å². The Balaban J connectivity index is 1.66. The van der Waals surface area contributed by atoms with Gasteiger partial charge in [-0.3, -0.25) is 4.79 Å². The minimum Gasteiger partial charge on any atom is -0.303 e. The number of fused-ring (bicyclic) bond motifs is 2. The van der Waals surface area contributed by atoms with Crippen LogP contribution < -0.4 is 0 Å². The van der Waals surface area contributed by atoms with E-state index in [1.165, 1.54) is 25.7 Å². The number of piperidine rings is 1. The monoisotopic (exact) mass is 277 g/mol. The van der Waals surface area contributed by atoms with Gasteiger partial charge in [0, 0.05) is 13.0 Å². The Kier molecular flexibility index (Phi) is 3.64. The van der Waals surface area contributed by atoms with Crippen molar-refractivity contribution in [2.24, 2.45) is 0 Å². The number of rotatable bonds is 3. The molecule has 1 heterocycles. The molecule has 1 aliphatic heterocycles. The Morgan fingerprint density at radius 2 is 1.95 bits per heavy atom. The van der Waals surface area contributed by atoms with Crippen molar-refractivity contribution < 1.29 is 4.79 Å². The molecule has 0 aromatic heterocycles. The van der Waals surface area contributed by atoms with Crippen molar-refractivity contribution in [3.63, 3.8) is 0 Å². The summed E-state index contributed by atoms with van der Waals surface area (Å²) in [5.74, 6) is 0. The van der Waals surface area contributed by atoms with Crippen molar-refractivity contribution in [2.75, 3.05) is 19.6 Å². The van der Waals surface area contributed by atoms with E-state index in [0.717, 1.165) is 19.6 Å². The van der Waals surface area contributed by atoms with Crippen LogP contribution in [-0.2, 0) is 16.6 Å². The second-order valence-corrected chi connectivity index (χ2v) is 6.31. The van der Waals surface area contributed by atoms with Crippen LogP contribution in [0.15, 0.2) is 24.3 Å². The minimum atomic E-state index is -0.216. The summed E-state index contributed by atoms with van der Waals surface area (Å²) in [5.41, 5.74) is 3.55. The highest BCUT2D eigenvalue weighted by atomic mass is 35.5. The molecule has 102 valence electrons. The van der Waals surface area contributed by atoms with Crippen molar-refractivity contribution in [3.05, 3.63) is 35.4 Å². The number of aryl methyl sites for hydroxylation is 1. The second-order valence-electron chi connectivity index (χ2n) is 5.88. The highest BCUT2D eigenvalue weighted by molar-refractivity contribution is 6.63. The minimum absolute atomic E-state index is 0.216. The zero-order valence-electron chi connectivity index (χ0n) is 11.2. The molecule has 3 heteroatoms. The fourth-order valence-electron chi connectivity index (χ4n) is 3.73. The van der Waals surface area contributed by atoms with E-state index in [-0.39, 0.29) is 5.24 Å². The van der Waals surface area contributed by atoms with Crippen LogP contribution >= 0.6 is 11.6 Å². The first-order chi connectivity index (χ1) is 9.20. The van der Waals surface area contributed by atoms with Crippen molar-refractivity contribution in [2.45, 2.75) is 37.5 Å². The van der Waals surface area contributed by atoms with E-state index >= 15 is 0 Å². The Morgan fingerprint density at radius 1 is 1.21 bits per heavy atom. The standard InChI is InChI=1S/C16H20ClNO/c17-15(19)6-10-18-11-8-16(9-12-18)7-5-13-3-1-2-4-14(13)16/h1-4H,5-12H2. The predicted octanol–water partition coefficient (Wildman–Crippen LogP) is 3.12. The molecule has 3 rings (SSSR count). The lowest BCUT2D eigenvalue weighted by Gasteiger charge is -2.40. The zero-order chi connectivity index (χ0) is 13.3. The highest BCUT2D eigenvalue weighted by Gasteiger charge is 2.40. The molecule has 1 saturated heterocycles. The maximum absolute atomic E-state index is 10.8. The molecule has 1 aliphatic carbocycles. The fraction of sp³-hybridized carbons (Fsp3) is 0.562. The normalized spacial score (nSPS) is 21.5. The third kappa shape index (κ3) is 2.56. The van der Waals surface area contributed by atoms with Gasteiger partial charge in [0.2, 0.25) is 5.24 Å². The molecular formula is C16H20ClNO. The molecular weight excluding hydrogens is 258 g/mol. The van der Waals surface area contributed by atoms with Crippen LogP contribution in [0.1, 0.15) is 36.8 Å². The summed E-state index contributed by atoms with van der Waals surface area (Å²) in [6.45, 7) is 3.01. The Hall–Kier alpha value is -0.860. The molecule has 0 N–H and O–H groups in total.